The second-order valence-corrected chi connectivity index (χ2v) is 8.49. The number of para-hydroxylation sites is 1. The minimum absolute atomic E-state index is 0.0695. The molecule has 2 heterocycles. The summed E-state index contributed by atoms with van der Waals surface area (Å²) in [4.78, 5) is 12.1. The molecule has 0 radical (unpaired) electrons. The number of nitrogens with zero attached hydrogens (tertiary/aromatic N) is 3. The van der Waals surface area contributed by atoms with Crippen LogP contribution in [0.2, 0.25) is 0 Å². The quantitative estimate of drug-likeness (QED) is 0.269. The number of hydrogen-bond donors (Lipinski definition) is 1. The molecule has 4 rings (SSSR count). The van der Waals surface area contributed by atoms with E-state index in [1.54, 1.807) is 38.5 Å². The zero-order valence-corrected chi connectivity index (χ0v) is 19.4. The molecule has 0 saturated heterocycles. The summed E-state index contributed by atoms with van der Waals surface area (Å²) in [5.41, 5.74) is 2.45. The van der Waals surface area contributed by atoms with E-state index in [0.717, 1.165) is 28.2 Å². The third kappa shape index (κ3) is 4.73. The van der Waals surface area contributed by atoms with Gasteiger partial charge in [-0.1, -0.05) is 18.2 Å². The second kappa shape index (κ2) is 9.41. The highest BCUT2D eigenvalue weighted by atomic mass is 32.2. The molecule has 0 atom stereocenters. The standard InChI is InChI=1S/C24H23N3O5S/c1-14(2)27-13-16(19-7-5-6-8-20(19)27)11-21(23(28)29)33-24-26-25-22(32-24)15-9-17(30-3)12-18(10-15)31-4/h5-14H,1-4H3,(H,28,29)/b21-11-. The average molecular weight is 466 g/mol. The summed E-state index contributed by atoms with van der Waals surface area (Å²) in [5, 5.41) is 19.0. The Labute approximate surface area is 194 Å². The number of methoxy groups -OCH3 is 2. The van der Waals surface area contributed by atoms with Crippen molar-refractivity contribution in [3.63, 3.8) is 0 Å². The molecule has 0 fully saturated rings. The Kier molecular flexibility index (Phi) is 6.41. The number of thioether (sulfide) groups is 1. The molecule has 0 unspecified atom stereocenters. The first-order valence-corrected chi connectivity index (χ1v) is 11.0. The van der Waals surface area contributed by atoms with Crippen molar-refractivity contribution >= 4 is 34.7 Å². The summed E-state index contributed by atoms with van der Waals surface area (Å²) in [5.74, 6) is 0.300. The fourth-order valence-electron chi connectivity index (χ4n) is 3.44. The third-order valence-electron chi connectivity index (χ3n) is 5.03. The van der Waals surface area contributed by atoms with E-state index in [4.69, 9.17) is 13.9 Å². The lowest BCUT2D eigenvalue weighted by molar-refractivity contribution is -0.131. The highest BCUT2D eigenvalue weighted by Gasteiger charge is 2.18. The number of aliphatic carboxylic acids is 1. The van der Waals surface area contributed by atoms with E-state index in [1.807, 2.05) is 30.5 Å². The Morgan fingerprint density at radius 2 is 1.82 bits per heavy atom. The number of carboxylic acid groups (broad SMARTS) is 1. The molecule has 0 amide bonds. The number of hydrogen-bond acceptors (Lipinski definition) is 7. The van der Waals surface area contributed by atoms with E-state index in [2.05, 4.69) is 28.6 Å². The molecule has 170 valence electrons. The van der Waals surface area contributed by atoms with Crippen molar-refractivity contribution in [1.82, 2.24) is 14.8 Å². The summed E-state index contributed by atoms with van der Waals surface area (Å²) in [6.45, 7) is 4.17. The van der Waals surface area contributed by atoms with Gasteiger partial charge in [0.2, 0.25) is 5.89 Å². The van der Waals surface area contributed by atoms with Crippen LogP contribution in [0.1, 0.15) is 25.5 Å². The minimum atomic E-state index is -1.08. The maximum Gasteiger partial charge on any atom is 0.342 e. The van der Waals surface area contributed by atoms with Gasteiger partial charge in [-0.15, -0.1) is 10.2 Å². The Balaban J connectivity index is 1.68. The Morgan fingerprint density at radius 1 is 1.12 bits per heavy atom. The highest BCUT2D eigenvalue weighted by Crippen LogP contribution is 2.34. The molecular weight excluding hydrogens is 442 g/mol. The molecule has 0 aliphatic heterocycles. The van der Waals surface area contributed by atoms with Crippen LogP contribution in [0.3, 0.4) is 0 Å². The van der Waals surface area contributed by atoms with E-state index >= 15 is 0 Å². The van der Waals surface area contributed by atoms with Crippen LogP contribution < -0.4 is 9.47 Å². The van der Waals surface area contributed by atoms with E-state index in [1.165, 1.54) is 0 Å². The van der Waals surface area contributed by atoms with Crippen molar-refractivity contribution in [2.45, 2.75) is 25.1 Å². The van der Waals surface area contributed by atoms with E-state index < -0.39 is 5.97 Å². The van der Waals surface area contributed by atoms with Gasteiger partial charge in [-0.3, -0.25) is 0 Å². The lowest BCUT2D eigenvalue weighted by atomic mass is 10.1. The van der Waals surface area contributed by atoms with Gasteiger partial charge in [0.15, 0.2) is 0 Å². The van der Waals surface area contributed by atoms with Crippen molar-refractivity contribution in [3.05, 3.63) is 59.1 Å². The molecule has 0 saturated carbocycles. The first-order chi connectivity index (χ1) is 15.9. The number of rotatable bonds is 8. The first kappa shape index (κ1) is 22.5. The smallest absolute Gasteiger partial charge is 0.342 e. The summed E-state index contributed by atoms with van der Waals surface area (Å²) >= 11 is 0.903. The Bertz CT molecular complexity index is 1320. The number of ether oxygens (including phenoxy) is 2. The topological polar surface area (TPSA) is 99.6 Å². The molecule has 33 heavy (non-hydrogen) atoms. The number of aromatic nitrogens is 3. The normalized spacial score (nSPS) is 11.8. The molecule has 9 heteroatoms. The van der Waals surface area contributed by atoms with Gasteiger partial charge in [0.05, 0.1) is 14.2 Å². The van der Waals surface area contributed by atoms with Gasteiger partial charge in [-0.05, 0) is 49.9 Å². The van der Waals surface area contributed by atoms with Crippen molar-refractivity contribution in [3.8, 4) is 23.0 Å². The number of fused-ring (bicyclic) bond motifs is 1. The summed E-state index contributed by atoms with van der Waals surface area (Å²) in [6.07, 6.45) is 3.59. The van der Waals surface area contributed by atoms with Crippen molar-refractivity contribution in [2.24, 2.45) is 0 Å². The van der Waals surface area contributed by atoms with Crippen LogP contribution >= 0.6 is 11.8 Å². The Morgan fingerprint density at radius 3 is 2.45 bits per heavy atom. The number of carbonyl (C=O) groups is 1. The third-order valence-corrected chi connectivity index (χ3v) is 5.88. The molecule has 8 nitrogen and oxygen atoms in total. The van der Waals surface area contributed by atoms with Crippen LogP contribution in [0.5, 0.6) is 11.5 Å². The predicted molar refractivity (Wildman–Crippen MR) is 127 cm³/mol. The lowest BCUT2D eigenvalue weighted by Gasteiger charge is -2.08. The van der Waals surface area contributed by atoms with E-state index in [9.17, 15) is 9.90 Å². The van der Waals surface area contributed by atoms with Gasteiger partial charge in [-0.2, -0.15) is 0 Å². The van der Waals surface area contributed by atoms with Crippen molar-refractivity contribution < 1.29 is 23.8 Å². The maximum absolute atomic E-state index is 12.0. The summed E-state index contributed by atoms with van der Waals surface area (Å²) in [7, 11) is 3.10. The van der Waals surface area contributed by atoms with E-state index in [0.29, 0.717) is 17.1 Å². The molecular formula is C24H23N3O5S. The lowest BCUT2D eigenvalue weighted by Crippen LogP contribution is -1.98. The second-order valence-electron chi connectivity index (χ2n) is 7.49. The minimum Gasteiger partial charge on any atom is -0.497 e. The zero-order chi connectivity index (χ0) is 23.5. The molecule has 1 N–H and O–H groups in total. The van der Waals surface area contributed by atoms with Crippen LogP contribution in [0.25, 0.3) is 28.4 Å². The molecule has 0 aliphatic carbocycles. The van der Waals surface area contributed by atoms with Gasteiger partial charge in [0.25, 0.3) is 5.22 Å². The average Bonchev–Trinajstić information content (AvgIpc) is 3.43. The predicted octanol–water partition coefficient (Wildman–Crippen LogP) is 5.51. The van der Waals surface area contributed by atoms with Crippen molar-refractivity contribution in [2.75, 3.05) is 14.2 Å². The van der Waals surface area contributed by atoms with Gasteiger partial charge < -0.3 is 23.6 Å². The maximum atomic E-state index is 12.0. The fourth-order valence-corrected chi connectivity index (χ4v) is 4.11. The molecule has 0 aliphatic rings. The zero-order valence-electron chi connectivity index (χ0n) is 18.6. The number of benzene rings is 2. The van der Waals surface area contributed by atoms with Crippen molar-refractivity contribution in [1.29, 1.82) is 0 Å². The fraction of sp³-hybridized carbons (Fsp3) is 0.208. The monoisotopic (exact) mass is 465 g/mol. The largest absolute Gasteiger partial charge is 0.497 e. The van der Waals surface area contributed by atoms with Gasteiger partial charge in [0.1, 0.15) is 16.4 Å². The molecule has 2 aromatic carbocycles. The van der Waals surface area contributed by atoms with Crippen LogP contribution in [0.15, 0.2) is 63.2 Å². The van der Waals surface area contributed by atoms with Gasteiger partial charge in [0, 0.05) is 40.3 Å². The molecule has 2 aromatic heterocycles. The summed E-state index contributed by atoms with van der Waals surface area (Å²) in [6, 6.07) is 13.3. The highest BCUT2D eigenvalue weighted by molar-refractivity contribution is 8.03. The van der Waals surface area contributed by atoms with Crippen LogP contribution in [-0.4, -0.2) is 40.1 Å². The van der Waals surface area contributed by atoms with Gasteiger partial charge >= 0.3 is 5.97 Å². The van der Waals surface area contributed by atoms with E-state index in [-0.39, 0.29) is 22.1 Å². The number of carboxylic acids is 1. The van der Waals surface area contributed by atoms with Crippen LogP contribution in [-0.2, 0) is 4.79 Å². The van der Waals surface area contributed by atoms with Crippen LogP contribution in [0.4, 0.5) is 0 Å². The molecule has 0 spiro atoms. The molecule has 0 bridgehead atoms. The first-order valence-electron chi connectivity index (χ1n) is 10.2. The Hall–Kier alpha value is -3.72. The van der Waals surface area contributed by atoms with Crippen LogP contribution in [0, 0.1) is 0 Å². The SMILES string of the molecule is COc1cc(OC)cc(-c2nnc(S/C(=C\c3cn(C(C)C)c4ccccc34)C(=O)O)o2)c1. The van der Waals surface area contributed by atoms with Gasteiger partial charge in [-0.25, -0.2) is 4.79 Å². The summed E-state index contributed by atoms with van der Waals surface area (Å²) < 4.78 is 18.4. The molecule has 4 aromatic rings.